The summed E-state index contributed by atoms with van der Waals surface area (Å²) >= 11 is 0. The molecule has 5 N–H and O–H groups in total. The van der Waals surface area contributed by atoms with Crippen molar-refractivity contribution in [3.8, 4) is 0 Å². The molecule has 6 nitrogen and oxygen atoms in total. The van der Waals surface area contributed by atoms with Crippen LogP contribution in [0.4, 0.5) is 0 Å². The van der Waals surface area contributed by atoms with Gasteiger partial charge in [-0.2, -0.15) is 0 Å². The Hall–Kier alpha value is -1.14. The molecule has 1 aliphatic rings. The quantitative estimate of drug-likeness (QED) is 0.287. The summed E-state index contributed by atoms with van der Waals surface area (Å²) in [6, 6.07) is -0.734. The van der Waals surface area contributed by atoms with E-state index in [1.54, 1.807) is 11.8 Å². The lowest BCUT2D eigenvalue weighted by Crippen LogP contribution is -2.52. The maximum absolute atomic E-state index is 11.2. The van der Waals surface area contributed by atoms with Crippen LogP contribution in [0.1, 0.15) is 19.8 Å². The maximum atomic E-state index is 11.2. The van der Waals surface area contributed by atoms with Crippen molar-refractivity contribution < 1.29 is 9.59 Å². The monoisotopic (exact) mass is 200 g/mol. The normalized spacial score (nSPS) is 24.6. The van der Waals surface area contributed by atoms with Crippen molar-refractivity contribution in [1.29, 1.82) is 0 Å². The molecule has 1 rings (SSSR count). The molecule has 2 atom stereocenters. The van der Waals surface area contributed by atoms with Crippen LogP contribution in [-0.4, -0.2) is 35.3 Å². The number of nitrogens with two attached hydrogens (primary N) is 2. The Bertz CT molecular complexity index is 243. The summed E-state index contributed by atoms with van der Waals surface area (Å²) < 4.78 is 0. The van der Waals surface area contributed by atoms with Crippen molar-refractivity contribution >= 4 is 11.8 Å². The number of carbonyl (C=O) groups is 2. The number of likely N-dealkylation sites (tertiary alicyclic amines) is 1. The fourth-order valence-corrected chi connectivity index (χ4v) is 1.83. The van der Waals surface area contributed by atoms with E-state index in [0.29, 0.717) is 6.54 Å². The number of hydrazine groups is 1. The van der Waals surface area contributed by atoms with Gasteiger partial charge in [0.05, 0.1) is 12.1 Å². The molecular formula is C8H16N4O2. The third-order valence-corrected chi connectivity index (χ3v) is 2.64. The number of carbonyl (C=O) groups excluding carboxylic acids is 2. The third kappa shape index (κ3) is 2.02. The van der Waals surface area contributed by atoms with E-state index >= 15 is 0 Å². The van der Waals surface area contributed by atoms with Gasteiger partial charge in [-0.25, -0.2) is 5.84 Å². The first-order valence-corrected chi connectivity index (χ1v) is 4.63. The second-order valence-electron chi connectivity index (χ2n) is 3.48. The zero-order valence-electron chi connectivity index (χ0n) is 8.19. The number of rotatable bonds is 3. The minimum Gasteiger partial charge on any atom is -0.368 e. The molecule has 0 aromatic rings. The van der Waals surface area contributed by atoms with Crippen LogP contribution >= 0.6 is 0 Å². The summed E-state index contributed by atoms with van der Waals surface area (Å²) in [7, 11) is 0. The van der Waals surface area contributed by atoms with Crippen LogP contribution in [0.2, 0.25) is 0 Å². The Morgan fingerprint density at radius 1 is 1.57 bits per heavy atom. The molecule has 0 aromatic carbocycles. The molecule has 0 aromatic heterocycles. The van der Waals surface area contributed by atoms with E-state index in [1.807, 2.05) is 0 Å². The lowest BCUT2D eigenvalue weighted by Gasteiger charge is -2.27. The summed E-state index contributed by atoms with van der Waals surface area (Å²) in [5.41, 5.74) is 7.29. The Morgan fingerprint density at radius 3 is 2.71 bits per heavy atom. The highest BCUT2D eigenvalue weighted by molar-refractivity contribution is 5.84. The van der Waals surface area contributed by atoms with Crippen molar-refractivity contribution in [1.82, 2.24) is 10.3 Å². The van der Waals surface area contributed by atoms with Crippen molar-refractivity contribution in [3.05, 3.63) is 0 Å². The number of hydrogen-bond donors (Lipinski definition) is 3. The predicted octanol–water partition coefficient (Wildman–Crippen LogP) is -1.69. The van der Waals surface area contributed by atoms with Crippen LogP contribution in [0.5, 0.6) is 0 Å². The Kier molecular flexibility index (Phi) is 3.43. The van der Waals surface area contributed by atoms with Gasteiger partial charge in [0.1, 0.15) is 0 Å². The van der Waals surface area contributed by atoms with Crippen LogP contribution in [0.25, 0.3) is 0 Å². The Labute approximate surface area is 82.6 Å². The molecule has 1 fully saturated rings. The fourth-order valence-electron chi connectivity index (χ4n) is 1.83. The first-order chi connectivity index (χ1) is 6.57. The van der Waals surface area contributed by atoms with Crippen molar-refractivity contribution in [2.24, 2.45) is 11.6 Å². The minimum absolute atomic E-state index is 0.293. The molecule has 1 aliphatic heterocycles. The van der Waals surface area contributed by atoms with Gasteiger partial charge in [0.25, 0.3) is 5.91 Å². The highest BCUT2D eigenvalue weighted by Crippen LogP contribution is 2.19. The van der Waals surface area contributed by atoms with E-state index in [2.05, 4.69) is 5.43 Å². The summed E-state index contributed by atoms with van der Waals surface area (Å²) in [6.45, 7) is 2.42. The number of nitrogens with one attached hydrogen (secondary N) is 1. The minimum atomic E-state index is -0.403. The highest BCUT2D eigenvalue weighted by Gasteiger charge is 2.34. The first-order valence-electron chi connectivity index (χ1n) is 4.63. The molecule has 14 heavy (non-hydrogen) atoms. The van der Waals surface area contributed by atoms with Gasteiger partial charge in [-0.1, -0.05) is 0 Å². The van der Waals surface area contributed by atoms with Gasteiger partial charge >= 0.3 is 0 Å². The zero-order valence-corrected chi connectivity index (χ0v) is 8.19. The lowest BCUT2D eigenvalue weighted by molar-refractivity contribution is -0.129. The SMILES string of the molecule is CC(C(=O)NN)N1CCCC1C(N)=O. The fraction of sp³-hybridized carbons (Fsp3) is 0.750. The van der Waals surface area contributed by atoms with Crippen LogP contribution in [0.15, 0.2) is 0 Å². The second kappa shape index (κ2) is 4.39. The van der Waals surface area contributed by atoms with Crippen LogP contribution in [0.3, 0.4) is 0 Å². The van der Waals surface area contributed by atoms with E-state index in [-0.39, 0.29) is 17.9 Å². The number of hydrogen-bond acceptors (Lipinski definition) is 4. The van der Waals surface area contributed by atoms with E-state index in [4.69, 9.17) is 11.6 Å². The highest BCUT2D eigenvalue weighted by atomic mass is 16.2. The molecular weight excluding hydrogens is 184 g/mol. The van der Waals surface area contributed by atoms with Crippen molar-refractivity contribution in [3.63, 3.8) is 0 Å². The van der Waals surface area contributed by atoms with E-state index in [0.717, 1.165) is 12.8 Å². The Morgan fingerprint density at radius 2 is 2.21 bits per heavy atom. The van der Waals surface area contributed by atoms with E-state index in [9.17, 15) is 9.59 Å². The average molecular weight is 200 g/mol. The molecule has 2 amide bonds. The smallest absolute Gasteiger partial charge is 0.250 e. The van der Waals surface area contributed by atoms with Gasteiger partial charge < -0.3 is 5.73 Å². The van der Waals surface area contributed by atoms with Gasteiger partial charge in [0.2, 0.25) is 5.91 Å². The summed E-state index contributed by atoms with van der Waals surface area (Å²) in [5, 5.41) is 0. The molecule has 80 valence electrons. The van der Waals surface area contributed by atoms with Crippen LogP contribution in [-0.2, 0) is 9.59 Å². The standard InChI is InChI=1S/C8H16N4O2/c1-5(8(14)11-10)12-4-2-3-6(12)7(9)13/h5-6H,2-4,10H2,1H3,(H2,9,13)(H,11,14). The second-order valence-corrected chi connectivity index (χ2v) is 3.48. The molecule has 1 heterocycles. The van der Waals surface area contributed by atoms with Gasteiger partial charge in [-0.05, 0) is 26.3 Å². The predicted molar refractivity (Wildman–Crippen MR) is 50.7 cm³/mol. The first kappa shape index (κ1) is 10.9. The molecule has 0 radical (unpaired) electrons. The summed E-state index contributed by atoms with van der Waals surface area (Å²) in [5.74, 6) is 4.35. The Balaban J connectivity index is 2.66. The van der Waals surface area contributed by atoms with Crippen LogP contribution in [0, 0.1) is 0 Å². The number of amides is 2. The summed E-state index contributed by atoms with van der Waals surface area (Å²) in [6.07, 6.45) is 1.60. The van der Waals surface area contributed by atoms with Crippen LogP contribution < -0.4 is 17.0 Å². The number of nitrogens with zero attached hydrogens (tertiary/aromatic N) is 1. The topological polar surface area (TPSA) is 101 Å². The molecule has 2 unspecified atom stereocenters. The lowest BCUT2D eigenvalue weighted by atomic mass is 10.2. The average Bonchev–Trinajstić information content (AvgIpc) is 2.63. The molecule has 0 spiro atoms. The van der Waals surface area contributed by atoms with Gasteiger partial charge in [-0.3, -0.25) is 19.9 Å². The van der Waals surface area contributed by atoms with Gasteiger partial charge in [0.15, 0.2) is 0 Å². The van der Waals surface area contributed by atoms with Crippen molar-refractivity contribution in [2.75, 3.05) is 6.54 Å². The summed E-state index contributed by atoms with van der Waals surface area (Å²) in [4.78, 5) is 24.1. The third-order valence-electron chi connectivity index (χ3n) is 2.64. The zero-order chi connectivity index (χ0) is 10.7. The molecule has 0 saturated carbocycles. The molecule has 0 bridgehead atoms. The largest absolute Gasteiger partial charge is 0.368 e. The molecule has 1 saturated heterocycles. The van der Waals surface area contributed by atoms with Gasteiger partial charge in [0, 0.05) is 0 Å². The number of primary amides is 1. The van der Waals surface area contributed by atoms with E-state index in [1.165, 1.54) is 0 Å². The van der Waals surface area contributed by atoms with Gasteiger partial charge in [-0.15, -0.1) is 0 Å². The van der Waals surface area contributed by atoms with E-state index < -0.39 is 6.04 Å². The van der Waals surface area contributed by atoms with Crippen molar-refractivity contribution in [2.45, 2.75) is 31.8 Å². The molecule has 6 heteroatoms. The maximum Gasteiger partial charge on any atom is 0.250 e. The molecule has 0 aliphatic carbocycles.